The van der Waals surface area contributed by atoms with E-state index in [1.165, 1.54) is 71.1 Å². The molecule has 6 heteroatoms. The molecule has 5 nitrogen and oxygen atoms in total. The van der Waals surface area contributed by atoms with Crippen LogP contribution in [0.15, 0.2) is 53.4 Å². The molecule has 0 bridgehead atoms. The predicted octanol–water partition coefficient (Wildman–Crippen LogP) is 8.93. The number of Topliss-reactive ketones (excluding diaryl/α,β-unsaturated/α-hetero) is 1. The van der Waals surface area contributed by atoms with Gasteiger partial charge in [-0.2, -0.15) is 4.57 Å². The molecular weight excluding hydrogens is 516 g/mol. The van der Waals surface area contributed by atoms with Crippen LogP contribution in [0.2, 0.25) is 0 Å². The molecule has 3 aromatic rings. The Morgan fingerprint density at radius 1 is 0.825 bits per heavy atom. The van der Waals surface area contributed by atoms with Gasteiger partial charge in [0.05, 0.1) is 23.2 Å². The summed E-state index contributed by atoms with van der Waals surface area (Å²) >= 11 is 1.64. The summed E-state index contributed by atoms with van der Waals surface area (Å²) in [6.45, 7) is 7.00. The Morgan fingerprint density at radius 2 is 1.45 bits per heavy atom. The Hall–Kier alpha value is -2.99. The highest BCUT2D eigenvalue weighted by atomic mass is 32.1. The van der Waals surface area contributed by atoms with Gasteiger partial charge in [0.2, 0.25) is 5.51 Å². The van der Waals surface area contributed by atoms with Gasteiger partial charge in [0.25, 0.3) is 5.91 Å². The Kier molecular flexibility index (Phi) is 13.9. The monoisotopic (exact) mass is 563 g/mol. The molecule has 216 valence electrons. The number of nitrogens with one attached hydrogen (secondary N) is 1. The van der Waals surface area contributed by atoms with Crippen LogP contribution in [0, 0.1) is 6.92 Å². The van der Waals surface area contributed by atoms with Gasteiger partial charge in [0, 0.05) is 18.1 Å². The molecule has 0 saturated heterocycles. The van der Waals surface area contributed by atoms with Crippen molar-refractivity contribution in [3.05, 3.63) is 75.7 Å². The number of ketones is 1. The van der Waals surface area contributed by atoms with Crippen molar-refractivity contribution in [3.63, 3.8) is 0 Å². The van der Waals surface area contributed by atoms with Crippen LogP contribution < -0.4 is 14.6 Å². The number of carbonyl (C=O) groups is 2. The minimum absolute atomic E-state index is 0.0782. The molecule has 0 radical (unpaired) electrons. The maximum Gasteiger partial charge on any atom is 0.256 e. The number of aromatic nitrogens is 1. The molecule has 0 aliphatic heterocycles. The Bertz CT molecular complexity index is 1200. The van der Waals surface area contributed by atoms with Crippen LogP contribution in [0.1, 0.15) is 123 Å². The number of benzene rings is 2. The number of anilines is 1. The van der Waals surface area contributed by atoms with Crippen LogP contribution in [0.4, 0.5) is 5.69 Å². The Labute approximate surface area is 245 Å². The highest BCUT2D eigenvalue weighted by Gasteiger charge is 2.19. The number of rotatable bonds is 19. The van der Waals surface area contributed by atoms with Gasteiger partial charge < -0.3 is 10.1 Å². The molecule has 40 heavy (non-hydrogen) atoms. The molecule has 0 saturated carbocycles. The number of thiazole rings is 1. The van der Waals surface area contributed by atoms with Gasteiger partial charge >= 0.3 is 0 Å². The number of hydrogen-bond donors (Lipinski definition) is 1. The first-order valence-electron chi connectivity index (χ1n) is 15.1. The first-order valence-corrected chi connectivity index (χ1v) is 16.0. The third-order valence-electron chi connectivity index (χ3n) is 7.37. The van der Waals surface area contributed by atoms with E-state index in [0.717, 1.165) is 24.1 Å². The van der Waals surface area contributed by atoms with Crippen LogP contribution in [0.25, 0.3) is 0 Å². The average molecular weight is 564 g/mol. The summed E-state index contributed by atoms with van der Waals surface area (Å²) in [7, 11) is 0. The molecule has 1 N–H and O–H groups in total. The van der Waals surface area contributed by atoms with E-state index in [0.29, 0.717) is 35.7 Å². The third kappa shape index (κ3) is 10.2. The van der Waals surface area contributed by atoms with Crippen LogP contribution in [0.3, 0.4) is 0 Å². The highest BCUT2D eigenvalue weighted by molar-refractivity contribution is 7.07. The summed E-state index contributed by atoms with van der Waals surface area (Å²) < 4.78 is 8.29. The number of carbonyl (C=O) groups excluding carboxylic acids is 2. The van der Waals surface area contributed by atoms with Gasteiger partial charge in [-0.1, -0.05) is 113 Å². The molecule has 0 atom stereocenters. The van der Waals surface area contributed by atoms with E-state index in [2.05, 4.69) is 34.6 Å². The van der Waals surface area contributed by atoms with Gasteiger partial charge in [-0.05, 0) is 31.5 Å². The highest BCUT2D eigenvalue weighted by Crippen LogP contribution is 2.30. The van der Waals surface area contributed by atoms with E-state index < -0.39 is 0 Å². The smallest absolute Gasteiger partial charge is 0.256 e. The minimum atomic E-state index is -0.208. The zero-order chi connectivity index (χ0) is 28.6. The van der Waals surface area contributed by atoms with E-state index in [1.54, 1.807) is 23.5 Å². The summed E-state index contributed by atoms with van der Waals surface area (Å²) in [6, 6.07) is 13.0. The Balaban J connectivity index is 1.52. The van der Waals surface area contributed by atoms with Gasteiger partial charge in [0.15, 0.2) is 23.8 Å². The summed E-state index contributed by atoms with van der Waals surface area (Å²) in [5, 5.41) is 5.12. The lowest BCUT2D eigenvalue weighted by Crippen LogP contribution is -2.35. The number of ether oxygens (including phenoxy) is 1. The lowest BCUT2D eigenvalue weighted by atomic mass is 10.1. The second-order valence-electron chi connectivity index (χ2n) is 10.7. The number of amides is 1. The molecule has 2 aromatic carbocycles. The van der Waals surface area contributed by atoms with E-state index in [-0.39, 0.29) is 11.7 Å². The van der Waals surface area contributed by atoms with E-state index in [4.69, 9.17) is 4.74 Å². The fraction of sp³-hybridized carbons (Fsp3) is 0.500. The Morgan fingerprint density at radius 3 is 2.08 bits per heavy atom. The second kappa shape index (κ2) is 17.6. The van der Waals surface area contributed by atoms with Gasteiger partial charge in [-0.15, -0.1) is 0 Å². The predicted molar refractivity (Wildman–Crippen MR) is 166 cm³/mol. The lowest BCUT2D eigenvalue weighted by molar-refractivity contribution is -0.689. The van der Waals surface area contributed by atoms with Crippen molar-refractivity contribution in [1.82, 2.24) is 0 Å². The zero-order valence-electron chi connectivity index (χ0n) is 24.7. The summed E-state index contributed by atoms with van der Waals surface area (Å²) in [6.07, 6.45) is 15.3. The van der Waals surface area contributed by atoms with Crippen LogP contribution in [-0.2, 0) is 6.54 Å². The van der Waals surface area contributed by atoms with Crippen molar-refractivity contribution in [1.29, 1.82) is 0 Å². The normalized spacial score (nSPS) is 11.0. The van der Waals surface area contributed by atoms with E-state index >= 15 is 0 Å². The number of para-hydroxylation sites is 1. The quantitative estimate of drug-likeness (QED) is 0.0900. The summed E-state index contributed by atoms with van der Waals surface area (Å²) in [4.78, 5) is 25.8. The second-order valence-corrected chi connectivity index (χ2v) is 11.4. The van der Waals surface area contributed by atoms with Crippen molar-refractivity contribution in [2.75, 3.05) is 11.9 Å². The van der Waals surface area contributed by atoms with Crippen LogP contribution >= 0.6 is 11.3 Å². The largest absolute Gasteiger partial charge is 0.491 e. The molecule has 1 aromatic heterocycles. The summed E-state index contributed by atoms with van der Waals surface area (Å²) in [5.74, 6) is 0.178. The zero-order valence-corrected chi connectivity index (χ0v) is 25.5. The van der Waals surface area contributed by atoms with Gasteiger partial charge in [0.1, 0.15) is 0 Å². The first kappa shape index (κ1) is 31.5. The van der Waals surface area contributed by atoms with Gasteiger partial charge in [-0.25, -0.2) is 0 Å². The summed E-state index contributed by atoms with van der Waals surface area (Å²) in [5.41, 5.74) is 5.79. The molecule has 0 unspecified atom stereocenters. The fourth-order valence-electron chi connectivity index (χ4n) is 4.95. The first-order chi connectivity index (χ1) is 19.5. The third-order valence-corrected chi connectivity index (χ3v) is 8.22. The lowest BCUT2D eigenvalue weighted by Gasteiger charge is -2.16. The SMILES string of the molecule is CCCCCCCCCCCCCCOc1c(NC(=O)c2ccccc2C[n+]2cscc2C)cccc1C(C)=O. The molecule has 3 rings (SSSR count). The van der Waals surface area contributed by atoms with Gasteiger partial charge in [-0.3, -0.25) is 9.59 Å². The minimum Gasteiger partial charge on any atom is -0.491 e. The van der Waals surface area contributed by atoms with Crippen LogP contribution in [-0.4, -0.2) is 18.3 Å². The molecule has 1 amide bonds. The fourth-order valence-corrected chi connectivity index (χ4v) is 5.73. The topological polar surface area (TPSA) is 59.3 Å². The molecule has 0 aliphatic rings. The average Bonchev–Trinajstić information content (AvgIpc) is 3.35. The maximum atomic E-state index is 13.4. The van der Waals surface area contributed by atoms with Crippen molar-refractivity contribution < 1.29 is 18.9 Å². The molecule has 0 fully saturated rings. The van der Waals surface area contributed by atoms with Crippen molar-refractivity contribution in [2.45, 2.75) is 104 Å². The molecule has 0 spiro atoms. The van der Waals surface area contributed by atoms with E-state index in [9.17, 15) is 9.59 Å². The molecule has 0 aliphatic carbocycles. The van der Waals surface area contributed by atoms with Crippen molar-refractivity contribution in [2.24, 2.45) is 0 Å². The van der Waals surface area contributed by atoms with E-state index in [1.807, 2.05) is 30.3 Å². The number of hydrogen-bond acceptors (Lipinski definition) is 4. The number of aryl methyl sites for hydroxylation is 1. The molecular formula is C34H47N2O3S+. The van der Waals surface area contributed by atoms with Crippen molar-refractivity contribution in [3.8, 4) is 5.75 Å². The van der Waals surface area contributed by atoms with Crippen LogP contribution in [0.5, 0.6) is 5.75 Å². The number of unbranched alkanes of at least 4 members (excludes halogenated alkanes) is 11. The maximum absolute atomic E-state index is 13.4. The molecule has 1 heterocycles. The van der Waals surface area contributed by atoms with Crippen molar-refractivity contribution >= 4 is 28.7 Å². The standard InChI is InChI=1S/C34H46N2O3S/c1-4-5-6-7-8-9-10-11-12-13-14-17-23-39-33-30(28(3)37)21-18-22-32(33)35-34(38)31-20-16-15-19-29(31)24-36-26-40-25-27(36)2/h15-16,18-22,25-26H,4-14,17,23-24H2,1-3H3/p+1. The number of nitrogens with zero attached hydrogens (tertiary/aromatic N) is 1.